The lowest BCUT2D eigenvalue weighted by molar-refractivity contribution is 0.170. The van der Waals surface area contributed by atoms with Crippen molar-refractivity contribution in [3.8, 4) is 0 Å². The van der Waals surface area contributed by atoms with E-state index in [4.69, 9.17) is 5.73 Å². The van der Waals surface area contributed by atoms with Gasteiger partial charge in [0.1, 0.15) is 0 Å². The first-order chi connectivity index (χ1) is 10.0. The van der Waals surface area contributed by atoms with Gasteiger partial charge in [0.05, 0.1) is 11.9 Å². The minimum atomic E-state index is -0.500. The van der Waals surface area contributed by atoms with Crippen LogP contribution in [0.4, 0.5) is 0 Å². The predicted molar refractivity (Wildman–Crippen MR) is 88.4 cm³/mol. The van der Waals surface area contributed by atoms with E-state index < -0.39 is 6.10 Å². The van der Waals surface area contributed by atoms with E-state index in [2.05, 4.69) is 20.8 Å². The van der Waals surface area contributed by atoms with Gasteiger partial charge >= 0.3 is 0 Å². The number of hydrogen-bond donors (Lipinski definition) is 3. The normalized spacial score (nSPS) is 12.2. The standard InChI is InChI=1S/C18H29NO2/c1-4-14(5-2)17(20)9-8-15-12-16(7-6-13(15)3)18(21)10-11-19/h6-7,12,18,20-21H,4-5,8-11,19H2,1-3H3. The summed E-state index contributed by atoms with van der Waals surface area (Å²) in [7, 11) is 0. The quantitative estimate of drug-likeness (QED) is 0.635. The molecular formula is C18H29NO2. The lowest BCUT2D eigenvalue weighted by Crippen LogP contribution is -2.07. The molecule has 0 bridgehead atoms. The van der Waals surface area contributed by atoms with Gasteiger partial charge in [-0.3, -0.25) is 0 Å². The lowest BCUT2D eigenvalue weighted by Gasteiger charge is -2.14. The van der Waals surface area contributed by atoms with Crippen molar-refractivity contribution in [2.75, 3.05) is 6.54 Å². The second kappa shape index (κ2) is 8.85. The Labute approximate surface area is 128 Å². The van der Waals surface area contributed by atoms with Crippen LogP contribution in [-0.2, 0) is 6.42 Å². The van der Waals surface area contributed by atoms with Gasteiger partial charge in [-0.2, -0.15) is 0 Å². The van der Waals surface area contributed by atoms with Crippen LogP contribution in [0.1, 0.15) is 62.3 Å². The number of aryl methyl sites for hydroxylation is 2. The Kier molecular flexibility index (Phi) is 7.48. The Balaban J connectivity index is 2.83. The number of aliphatic hydroxyl groups is 2. The summed E-state index contributed by atoms with van der Waals surface area (Å²) < 4.78 is 0. The maximum atomic E-state index is 10.1. The Bertz CT molecular complexity index is 474. The molecule has 0 spiro atoms. The molecule has 1 atom stereocenters. The number of benzene rings is 1. The molecule has 0 aliphatic heterocycles. The van der Waals surface area contributed by atoms with Crippen LogP contribution < -0.4 is 5.73 Å². The highest BCUT2D eigenvalue weighted by Crippen LogP contribution is 2.22. The van der Waals surface area contributed by atoms with Crippen molar-refractivity contribution >= 4 is 0 Å². The molecule has 1 aromatic rings. The SMILES string of the molecule is CCC(CC)=C(O)CCc1cc(C(O)CCN)ccc1C. The molecule has 1 rings (SSSR count). The molecule has 0 aliphatic rings. The van der Waals surface area contributed by atoms with E-state index in [0.717, 1.165) is 30.4 Å². The van der Waals surface area contributed by atoms with Crippen LogP contribution in [0.3, 0.4) is 0 Å². The molecule has 3 nitrogen and oxygen atoms in total. The average molecular weight is 291 g/mol. The highest BCUT2D eigenvalue weighted by Gasteiger charge is 2.10. The molecule has 0 amide bonds. The molecule has 0 saturated carbocycles. The van der Waals surface area contributed by atoms with E-state index in [1.54, 1.807) is 0 Å². The molecule has 0 saturated heterocycles. The monoisotopic (exact) mass is 291 g/mol. The summed E-state index contributed by atoms with van der Waals surface area (Å²) in [5.74, 6) is 0.521. The van der Waals surface area contributed by atoms with Crippen molar-refractivity contribution in [1.29, 1.82) is 0 Å². The van der Waals surface area contributed by atoms with Crippen LogP contribution in [0, 0.1) is 6.92 Å². The highest BCUT2D eigenvalue weighted by molar-refractivity contribution is 5.33. The smallest absolute Gasteiger partial charge is 0.0917 e. The second-order valence-electron chi connectivity index (χ2n) is 5.54. The molecule has 1 aromatic carbocycles. The third kappa shape index (κ3) is 5.18. The molecule has 0 fully saturated rings. The van der Waals surface area contributed by atoms with Crippen LogP contribution in [0.2, 0.25) is 0 Å². The van der Waals surface area contributed by atoms with Crippen LogP contribution in [-0.4, -0.2) is 16.8 Å². The van der Waals surface area contributed by atoms with Gasteiger partial charge in [0.25, 0.3) is 0 Å². The lowest BCUT2D eigenvalue weighted by atomic mass is 9.96. The summed E-state index contributed by atoms with van der Waals surface area (Å²) in [6.45, 7) is 6.69. The van der Waals surface area contributed by atoms with E-state index in [1.807, 2.05) is 18.2 Å². The third-order valence-corrected chi connectivity index (χ3v) is 4.09. The van der Waals surface area contributed by atoms with Crippen molar-refractivity contribution in [2.24, 2.45) is 5.73 Å². The summed E-state index contributed by atoms with van der Waals surface area (Å²) in [4.78, 5) is 0. The van der Waals surface area contributed by atoms with Crippen LogP contribution in [0.15, 0.2) is 29.5 Å². The fourth-order valence-electron chi connectivity index (χ4n) is 2.58. The Morgan fingerprint density at radius 2 is 1.90 bits per heavy atom. The zero-order chi connectivity index (χ0) is 15.8. The van der Waals surface area contributed by atoms with Crippen molar-refractivity contribution in [3.63, 3.8) is 0 Å². The van der Waals surface area contributed by atoms with Crippen LogP contribution >= 0.6 is 0 Å². The van der Waals surface area contributed by atoms with Gasteiger partial charge in [-0.1, -0.05) is 32.0 Å². The number of nitrogens with two attached hydrogens (primary N) is 1. The molecular weight excluding hydrogens is 262 g/mol. The van der Waals surface area contributed by atoms with Crippen LogP contribution in [0.25, 0.3) is 0 Å². The van der Waals surface area contributed by atoms with Gasteiger partial charge in [-0.25, -0.2) is 0 Å². The summed E-state index contributed by atoms with van der Waals surface area (Å²) in [6, 6.07) is 6.03. The van der Waals surface area contributed by atoms with Crippen LogP contribution in [0.5, 0.6) is 0 Å². The molecule has 1 unspecified atom stereocenters. The maximum Gasteiger partial charge on any atom is 0.0917 e. The van der Waals surface area contributed by atoms with Crippen molar-refractivity contribution in [2.45, 2.75) is 59.0 Å². The topological polar surface area (TPSA) is 66.5 Å². The van der Waals surface area contributed by atoms with E-state index in [0.29, 0.717) is 25.1 Å². The van der Waals surface area contributed by atoms with Gasteiger partial charge < -0.3 is 15.9 Å². The van der Waals surface area contributed by atoms with Gasteiger partial charge in [0.2, 0.25) is 0 Å². The molecule has 0 aromatic heterocycles. The largest absolute Gasteiger partial charge is 0.512 e. The zero-order valence-electron chi connectivity index (χ0n) is 13.5. The van der Waals surface area contributed by atoms with Gasteiger partial charge in [0, 0.05) is 6.42 Å². The summed E-state index contributed by atoms with van der Waals surface area (Å²) >= 11 is 0. The number of allylic oxidation sites excluding steroid dienone is 2. The second-order valence-corrected chi connectivity index (χ2v) is 5.54. The Morgan fingerprint density at radius 3 is 2.48 bits per heavy atom. The third-order valence-electron chi connectivity index (χ3n) is 4.09. The molecule has 118 valence electrons. The molecule has 0 aliphatic carbocycles. The minimum Gasteiger partial charge on any atom is -0.512 e. The Hall–Kier alpha value is -1.32. The van der Waals surface area contributed by atoms with Crippen molar-refractivity contribution in [1.82, 2.24) is 0 Å². The maximum absolute atomic E-state index is 10.1. The van der Waals surface area contributed by atoms with Crippen molar-refractivity contribution < 1.29 is 10.2 Å². The number of rotatable bonds is 8. The van der Waals surface area contributed by atoms with E-state index in [-0.39, 0.29) is 0 Å². The number of hydrogen-bond acceptors (Lipinski definition) is 3. The average Bonchev–Trinajstić information content (AvgIpc) is 2.47. The van der Waals surface area contributed by atoms with E-state index >= 15 is 0 Å². The van der Waals surface area contributed by atoms with E-state index in [9.17, 15) is 10.2 Å². The molecule has 0 radical (unpaired) electrons. The number of aliphatic hydroxyl groups excluding tert-OH is 2. The summed E-state index contributed by atoms with van der Waals surface area (Å²) in [5.41, 5.74) is 9.92. The van der Waals surface area contributed by atoms with Crippen molar-refractivity contribution in [3.05, 3.63) is 46.2 Å². The Morgan fingerprint density at radius 1 is 1.24 bits per heavy atom. The van der Waals surface area contributed by atoms with Gasteiger partial charge in [-0.05, 0) is 61.4 Å². The summed E-state index contributed by atoms with van der Waals surface area (Å²) in [5, 5.41) is 20.2. The van der Waals surface area contributed by atoms with Gasteiger partial charge in [0.15, 0.2) is 0 Å². The minimum absolute atomic E-state index is 0.476. The summed E-state index contributed by atoms with van der Waals surface area (Å²) in [6.07, 6.45) is 3.33. The molecule has 21 heavy (non-hydrogen) atoms. The fourth-order valence-corrected chi connectivity index (χ4v) is 2.58. The first-order valence-electron chi connectivity index (χ1n) is 7.90. The van der Waals surface area contributed by atoms with E-state index in [1.165, 1.54) is 11.1 Å². The molecule has 4 N–H and O–H groups in total. The first kappa shape index (κ1) is 17.7. The predicted octanol–water partition coefficient (Wildman–Crippen LogP) is 3.94. The molecule has 0 heterocycles. The zero-order valence-corrected chi connectivity index (χ0v) is 13.5. The molecule has 3 heteroatoms. The van der Waals surface area contributed by atoms with Gasteiger partial charge in [-0.15, -0.1) is 0 Å². The highest BCUT2D eigenvalue weighted by atomic mass is 16.3. The first-order valence-corrected chi connectivity index (χ1v) is 7.90. The fraction of sp³-hybridized carbons (Fsp3) is 0.556.